The summed E-state index contributed by atoms with van der Waals surface area (Å²) in [6, 6.07) is 8.76. The van der Waals surface area contributed by atoms with E-state index in [-0.39, 0.29) is 4.90 Å². The molecule has 0 fully saturated rings. The Morgan fingerprint density at radius 3 is 2.29 bits per heavy atom. The molecule has 2 heterocycles. The number of aryl methyl sites for hydroxylation is 2. The molecule has 4 rings (SSSR count). The van der Waals surface area contributed by atoms with Crippen molar-refractivity contribution in [1.82, 2.24) is 9.97 Å². The van der Waals surface area contributed by atoms with Gasteiger partial charge in [-0.2, -0.15) is 8.42 Å². The van der Waals surface area contributed by atoms with Crippen molar-refractivity contribution < 1.29 is 13.0 Å². The third-order valence-electron chi connectivity index (χ3n) is 3.60. The number of nitrogens with zero attached hydrogens (tertiary/aromatic N) is 2. The highest BCUT2D eigenvalue weighted by Gasteiger charge is 2.15. The van der Waals surface area contributed by atoms with Crippen molar-refractivity contribution in [3.8, 4) is 10.6 Å². The summed E-state index contributed by atoms with van der Waals surface area (Å²) < 4.78 is 34.2. The first kappa shape index (κ1) is 15.6. The Morgan fingerprint density at radius 1 is 0.917 bits per heavy atom. The van der Waals surface area contributed by atoms with Gasteiger partial charge in [-0.1, -0.05) is 0 Å². The zero-order valence-corrected chi connectivity index (χ0v) is 15.2. The molecule has 2 aromatic carbocycles. The fourth-order valence-corrected chi connectivity index (χ4v) is 5.03. The molecule has 0 aliphatic heterocycles. The van der Waals surface area contributed by atoms with Gasteiger partial charge in [0.05, 0.1) is 30.3 Å². The van der Waals surface area contributed by atoms with Crippen LogP contribution in [0.2, 0.25) is 0 Å². The Balaban J connectivity index is 1.92. The molecule has 24 heavy (non-hydrogen) atoms. The van der Waals surface area contributed by atoms with E-state index in [4.69, 9.17) is 0 Å². The van der Waals surface area contributed by atoms with E-state index in [2.05, 4.69) is 9.97 Å². The first-order valence-corrected chi connectivity index (χ1v) is 10.1. The van der Waals surface area contributed by atoms with E-state index in [0.29, 0.717) is 10.6 Å². The molecule has 0 spiro atoms. The lowest BCUT2D eigenvalue weighted by molar-refractivity contribution is 0.483. The number of hydrogen-bond donors (Lipinski definition) is 1. The molecule has 0 atom stereocenters. The Morgan fingerprint density at radius 2 is 1.58 bits per heavy atom. The van der Waals surface area contributed by atoms with Crippen LogP contribution < -0.4 is 0 Å². The third kappa shape index (κ3) is 2.71. The molecule has 0 radical (unpaired) electrons. The molecular weight excluding hydrogens is 364 g/mol. The number of hydrogen-bond acceptors (Lipinski definition) is 6. The normalized spacial score (nSPS) is 12.3. The average molecular weight is 376 g/mol. The van der Waals surface area contributed by atoms with Gasteiger partial charge in [0.1, 0.15) is 5.01 Å². The molecule has 0 aliphatic rings. The van der Waals surface area contributed by atoms with E-state index in [1.807, 2.05) is 25.1 Å². The fourth-order valence-electron chi connectivity index (χ4n) is 2.61. The van der Waals surface area contributed by atoms with E-state index in [1.165, 1.54) is 23.5 Å². The second-order valence-corrected chi connectivity index (χ2v) is 9.24. The van der Waals surface area contributed by atoms with Crippen LogP contribution >= 0.6 is 22.7 Å². The number of fused-ring (bicyclic) bond motifs is 2. The Labute approximate surface area is 146 Å². The van der Waals surface area contributed by atoms with Gasteiger partial charge in [0.2, 0.25) is 0 Å². The number of benzene rings is 2. The zero-order chi connectivity index (χ0) is 17.1. The first-order chi connectivity index (χ1) is 11.3. The van der Waals surface area contributed by atoms with E-state index >= 15 is 0 Å². The van der Waals surface area contributed by atoms with Gasteiger partial charge < -0.3 is 0 Å². The number of thiazole rings is 2. The van der Waals surface area contributed by atoms with Gasteiger partial charge in [0.15, 0.2) is 0 Å². The predicted octanol–water partition coefficient (Wildman–Crippen LogP) is 4.44. The van der Waals surface area contributed by atoms with E-state index in [1.54, 1.807) is 18.3 Å². The summed E-state index contributed by atoms with van der Waals surface area (Å²) in [5.41, 5.74) is 3.23. The van der Waals surface area contributed by atoms with Crippen molar-refractivity contribution in [3.63, 3.8) is 0 Å². The largest absolute Gasteiger partial charge is 0.294 e. The van der Waals surface area contributed by atoms with Crippen molar-refractivity contribution in [2.75, 3.05) is 0 Å². The molecule has 2 aromatic heterocycles. The SMILES string of the molecule is Cc1cc(-c2nc3cc4sc(C)nc4cc3s2)cc(S(=O)(=O)O)c1. The lowest BCUT2D eigenvalue weighted by Crippen LogP contribution is -1.98. The summed E-state index contributed by atoms with van der Waals surface area (Å²) in [5, 5.41) is 1.73. The van der Waals surface area contributed by atoms with Crippen LogP contribution in [0.3, 0.4) is 0 Å². The molecular formula is C16H12N2O3S3. The monoisotopic (exact) mass is 376 g/mol. The maximum atomic E-state index is 11.4. The van der Waals surface area contributed by atoms with Crippen LogP contribution in [-0.4, -0.2) is 22.9 Å². The van der Waals surface area contributed by atoms with E-state index in [0.717, 1.165) is 31.0 Å². The zero-order valence-electron chi connectivity index (χ0n) is 12.8. The van der Waals surface area contributed by atoms with Gasteiger partial charge in [0.25, 0.3) is 10.1 Å². The van der Waals surface area contributed by atoms with E-state index in [9.17, 15) is 13.0 Å². The maximum absolute atomic E-state index is 11.4. The minimum absolute atomic E-state index is 0.116. The lowest BCUT2D eigenvalue weighted by atomic mass is 10.1. The highest BCUT2D eigenvalue weighted by atomic mass is 32.2. The second kappa shape index (κ2) is 5.32. The van der Waals surface area contributed by atoms with Gasteiger partial charge in [-0.25, -0.2) is 9.97 Å². The topological polar surface area (TPSA) is 80.2 Å². The quantitative estimate of drug-likeness (QED) is 0.523. The molecule has 8 heteroatoms. The average Bonchev–Trinajstić information content (AvgIpc) is 3.04. The molecule has 4 aromatic rings. The first-order valence-electron chi connectivity index (χ1n) is 7.07. The summed E-state index contributed by atoms with van der Waals surface area (Å²) in [5.74, 6) is 0. The Bertz CT molecular complexity index is 1160. The highest BCUT2D eigenvalue weighted by Crippen LogP contribution is 2.35. The lowest BCUT2D eigenvalue weighted by Gasteiger charge is -2.03. The predicted molar refractivity (Wildman–Crippen MR) is 97.5 cm³/mol. The molecule has 122 valence electrons. The standard InChI is InChI=1S/C16H12N2O3S3/c1-8-3-10(5-11(4-8)24(19,20)21)16-18-13-7-14-12(6-15(13)23-16)17-9(2)22-14/h3-7H,1-2H3,(H,19,20,21). The smallest absolute Gasteiger partial charge is 0.282 e. The van der Waals surface area contributed by atoms with Crippen LogP contribution in [-0.2, 0) is 10.1 Å². The molecule has 5 nitrogen and oxygen atoms in total. The number of aromatic nitrogens is 2. The molecule has 0 saturated carbocycles. The fraction of sp³-hybridized carbons (Fsp3) is 0.125. The van der Waals surface area contributed by atoms with Crippen molar-refractivity contribution >= 4 is 53.2 Å². The van der Waals surface area contributed by atoms with Crippen molar-refractivity contribution in [3.05, 3.63) is 40.9 Å². The maximum Gasteiger partial charge on any atom is 0.294 e. The summed E-state index contributed by atoms with van der Waals surface area (Å²) in [6.45, 7) is 3.76. The summed E-state index contributed by atoms with van der Waals surface area (Å²) >= 11 is 3.10. The molecule has 0 aliphatic carbocycles. The minimum atomic E-state index is -4.24. The molecule has 0 unspecified atom stereocenters. The van der Waals surface area contributed by atoms with Crippen LogP contribution in [0.15, 0.2) is 35.2 Å². The Hall–Kier alpha value is -1.87. The van der Waals surface area contributed by atoms with Crippen LogP contribution in [0.1, 0.15) is 10.6 Å². The van der Waals surface area contributed by atoms with Gasteiger partial charge in [0, 0.05) is 5.56 Å². The van der Waals surface area contributed by atoms with Gasteiger partial charge in [-0.15, -0.1) is 22.7 Å². The Kier molecular flexibility index (Phi) is 3.47. The molecule has 0 saturated heterocycles. The number of rotatable bonds is 2. The molecule has 1 N–H and O–H groups in total. The van der Waals surface area contributed by atoms with Gasteiger partial charge in [-0.3, -0.25) is 4.55 Å². The van der Waals surface area contributed by atoms with Crippen LogP contribution in [0.4, 0.5) is 0 Å². The summed E-state index contributed by atoms with van der Waals surface area (Å²) in [7, 11) is -4.24. The summed E-state index contributed by atoms with van der Waals surface area (Å²) in [6.07, 6.45) is 0. The van der Waals surface area contributed by atoms with Crippen molar-refractivity contribution in [1.29, 1.82) is 0 Å². The van der Waals surface area contributed by atoms with Gasteiger partial charge >= 0.3 is 0 Å². The third-order valence-corrected chi connectivity index (χ3v) is 6.43. The minimum Gasteiger partial charge on any atom is -0.282 e. The van der Waals surface area contributed by atoms with Gasteiger partial charge in [-0.05, 0) is 49.7 Å². The molecule has 0 amide bonds. The molecule has 0 bridgehead atoms. The van der Waals surface area contributed by atoms with Crippen molar-refractivity contribution in [2.24, 2.45) is 0 Å². The van der Waals surface area contributed by atoms with Crippen LogP contribution in [0.5, 0.6) is 0 Å². The van der Waals surface area contributed by atoms with E-state index < -0.39 is 10.1 Å². The summed E-state index contributed by atoms with van der Waals surface area (Å²) in [4.78, 5) is 9.00. The van der Waals surface area contributed by atoms with Crippen molar-refractivity contribution in [2.45, 2.75) is 18.7 Å². The van der Waals surface area contributed by atoms with Crippen LogP contribution in [0.25, 0.3) is 31.0 Å². The second-order valence-electron chi connectivity index (χ2n) is 5.55. The van der Waals surface area contributed by atoms with Crippen LogP contribution in [0, 0.1) is 13.8 Å². The highest BCUT2D eigenvalue weighted by molar-refractivity contribution is 7.85.